The predicted octanol–water partition coefficient (Wildman–Crippen LogP) is 4.14. The van der Waals surface area contributed by atoms with Crippen LogP contribution in [-0.4, -0.2) is 21.9 Å². The van der Waals surface area contributed by atoms with Crippen molar-refractivity contribution in [2.45, 2.75) is 38.1 Å². The topological polar surface area (TPSA) is 66.6 Å². The largest absolute Gasteiger partial charge is 0.478 e. The summed E-state index contributed by atoms with van der Waals surface area (Å²) in [7, 11) is 0. The fourth-order valence-electron chi connectivity index (χ4n) is 2.98. The summed E-state index contributed by atoms with van der Waals surface area (Å²) in [5.74, 6) is -0.927. The first kappa shape index (κ1) is 15.3. The van der Waals surface area contributed by atoms with Crippen LogP contribution in [0, 0.1) is 0 Å². The normalized spacial score (nSPS) is 15.8. The van der Waals surface area contributed by atoms with Crippen molar-refractivity contribution in [2.75, 3.05) is 5.43 Å². The Kier molecular flexibility index (Phi) is 4.76. The number of benzene rings is 1. The Morgan fingerprint density at radius 2 is 1.91 bits per heavy atom. The Labute approximate surface area is 135 Å². The van der Waals surface area contributed by atoms with Crippen LogP contribution in [0.5, 0.6) is 0 Å². The predicted molar refractivity (Wildman–Crippen MR) is 91.2 cm³/mol. The van der Waals surface area contributed by atoms with E-state index in [1.54, 1.807) is 30.5 Å². The third-order valence-corrected chi connectivity index (χ3v) is 4.27. The van der Waals surface area contributed by atoms with E-state index in [0.29, 0.717) is 6.04 Å². The van der Waals surface area contributed by atoms with Gasteiger partial charge in [-0.1, -0.05) is 19.3 Å². The van der Waals surface area contributed by atoms with Gasteiger partial charge in [0.15, 0.2) is 0 Å². The zero-order valence-corrected chi connectivity index (χ0v) is 13.0. The Morgan fingerprint density at radius 3 is 2.61 bits per heavy atom. The van der Waals surface area contributed by atoms with Crippen LogP contribution in [0.1, 0.15) is 54.1 Å². The standard InChI is InChI=1S/C18H21N3O2/c22-18(23)15-6-8-16(9-7-15)20-19-12-14-10-11-21(13-14)17-4-2-1-3-5-17/h6-13,17,20H,1-5H2,(H,22,23)/b19-12+. The van der Waals surface area contributed by atoms with Gasteiger partial charge in [-0.3, -0.25) is 5.43 Å². The second-order valence-corrected chi connectivity index (χ2v) is 5.94. The third kappa shape index (κ3) is 4.00. The Bertz CT molecular complexity index is 683. The third-order valence-electron chi connectivity index (χ3n) is 4.27. The van der Waals surface area contributed by atoms with E-state index in [4.69, 9.17) is 5.11 Å². The van der Waals surface area contributed by atoms with E-state index in [2.05, 4.69) is 33.6 Å². The van der Waals surface area contributed by atoms with Gasteiger partial charge in [-0.2, -0.15) is 5.10 Å². The molecule has 1 aromatic carbocycles. The molecule has 2 N–H and O–H groups in total. The molecule has 120 valence electrons. The van der Waals surface area contributed by atoms with E-state index in [-0.39, 0.29) is 5.56 Å². The lowest BCUT2D eigenvalue weighted by Gasteiger charge is -2.23. The molecule has 1 saturated carbocycles. The lowest BCUT2D eigenvalue weighted by atomic mass is 9.95. The quantitative estimate of drug-likeness (QED) is 0.644. The first-order chi connectivity index (χ1) is 11.2. The molecule has 0 spiro atoms. The van der Waals surface area contributed by atoms with Gasteiger partial charge in [-0.05, 0) is 43.2 Å². The van der Waals surface area contributed by atoms with Crippen LogP contribution in [0.4, 0.5) is 5.69 Å². The number of anilines is 1. The smallest absolute Gasteiger partial charge is 0.335 e. The van der Waals surface area contributed by atoms with Crippen LogP contribution >= 0.6 is 0 Å². The van der Waals surface area contributed by atoms with Crippen LogP contribution < -0.4 is 5.43 Å². The molecular weight excluding hydrogens is 290 g/mol. The highest BCUT2D eigenvalue weighted by atomic mass is 16.4. The number of aromatic nitrogens is 1. The Morgan fingerprint density at radius 1 is 1.17 bits per heavy atom. The van der Waals surface area contributed by atoms with Crippen LogP contribution in [0.2, 0.25) is 0 Å². The molecule has 0 saturated heterocycles. The SMILES string of the molecule is O=C(O)c1ccc(N/N=C/c2ccn(C3CCCCC3)c2)cc1. The lowest BCUT2D eigenvalue weighted by Crippen LogP contribution is -2.10. The molecule has 0 atom stereocenters. The summed E-state index contributed by atoms with van der Waals surface area (Å²) in [6.45, 7) is 0. The molecule has 2 aromatic rings. The van der Waals surface area contributed by atoms with Crippen molar-refractivity contribution in [1.29, 1.82) is 0 Å². The molecule has 5 heteroatoms. The monoisotopic (exact) mass is 311 g/mol. The van der Waals surface area contributed by atoms with Crippen molar-refractivity contribution in [3.8, 4) is 0 Å². The summed E-state index contributed by atoms with van der Waals surface area (Å²) in [5.41, 5.74) is 5.01. The summed E-state index contributed by atoms with van der Waals surface area (Å²) in [4.78, 5) is 10.8. The van der Waals surface area contributed by atoms with Gasteiger partial charge in [0.05, 0.1) is 17.5 Å². The molecule has 1 aliphatic rings. The summed E-state index contributed by atoms with van der Waals surface area (Å²) >= 11 is 0. The fourth-order valence-corrected chi connectivity index (χ4v) is 2.98. The molecule has 5 nitrogen and oxygen atoms in total. The van der Waals surface area contributed by atoms with Crippen molar-refractivity contribution in [3.05, 3.63) is 53.9 Å². The molecule has 0 radical (unpaired) electrons. The first-order valence-corrected chi connectivity index (χ1v) is 8.02. The van der Waals surface area contributed by atoms with Gasteiger partial charge in [0, 0.05) is 24.0 Å². The molecule has 1 aromatic heterocycles. The molecule has 0 amide bonds. The summed E-state index contributed by atoms with van der Waals surface area (Å²) in [6, 6.07) is 9.21. The van der Waals surface area contributed by atoms with E-state index in [1.165, 1.54) is 32.1 Å². The number of hydrogen-bond donors (Lipinski definition) is 2. The molecule has 0 unspecified atom stereocenters. The lowest BCUT2D eigenvalue weighted by molar-refractivity contribution is 0.0697. The van der Waals surface area contributed by atoms with Crippen molar-refractivity contribution in [1.82, 2.24) is 4.57 Å². The Balaban J connectivity index is 1.57. The molecule has 23 heavy (non-hydrogen) atoms. The molecule has 0 bridgehead atoms. The average molecular weight is 311 g/mol. The van der Waals surface area contributed by atoms with Crippen molar-refractivity contribution in [2.24, 2.45) is 5.10 Å². The molecule has 1 fully saturated rings. The molecular formula is C18H21N3O2. The molecule has 0 aliphatic heterocycles. The summed E-state index contributed by atoms with van der Waals surface area (Å²) in [5, 5.41) is 13.1. The zero-order chi connectivity index (χ0) is 16.1. The van der Waals surface area contributed by atoms with Gasteiger partial charge in [0.25, 0.3) is 0 Å². The zero-order valence-electron chi connectivity index (χ0n) is 13.0. The highest BCUT2D eigenvalue weighted by molar-refractivity contribution is 5.88. The van der Waals surface area contributed by atoms with E-state index >= 15 is 0 Å². The van der Waals surface area contributed by atoms with E-state index < -0.39 is 5.97 Å². The summed E-state index contributed by atoms with van der Waals surface area (Å²) in [6.07, 6.45) is 12.6. The van der Waals surface area contributed by atoms with Crippen molar-refractivity contribution in [3.63, 3.8) is 0 Å². The van der Waals surface area contributed by atoms with Gasteiger partial charge in [0.1, 0.15) is 0 Å². The fraction of sp³-hybridized carbons (Fsp3) is 0.333. The second kappa shape index (κ2) is 7.13. The van der Waals surface area contributed by atoms with E-state index in [0.717, 1.165) is 11.3 Å². The van der Waals surface area contributed by atoms with Crippen LogP contribution in [0.3, 0.4) is 0 Å². The van der Waals surface area contributed by atoms with Gasteiger partial charge in [0.2, 0.25) is 0 Å². The minimum absolute atomic E-state index is 0.268. The highest BCUT2D eigenvalue weighted by Crippen LogP contribution is 2.28. The minimum Gasteiger partial charge on any atom is -0.478 e. The van der Waals surface area contributed by atoms with Gasteiger partial charge in [-0.25, -0.2) is 4.79 Å². The number of hydrogen-bond acceptors (Lipinski definition) is 3. The molecule has 3 rings (SSSR count). The number of carbonyl (C=O) groups is 1. The number of nitrogens with one attached hydrogen (secondary N) is 1. The highest BCUT2D eigenvalue weighted by Gasteiger charge is 2.14. The van der Waals surface area contributed by atoms with Crippen LogP contribution in [0.15, 0.2) is 47.8 Å². The Hall–Kier alpha value is -2.56. The maximum Gasteiger partial charge on any atom is 0.335 e. The molecule has 1 aliphatic carbocycles. The van der Waals surface area contributed by atoms with Crippen LogP contribution in [-0.2, 0) is 0 Å². The maximum absolute atomic E-state index is 10.8. The van der Waals surface area contributed by atoms with E-state index in [1.807, 2.05) is 0 Å². The van der Waals surface area contributed by atoms with Gasteiger partial charge in [-0.15, -0.1) is 0 Å². The number of nitrogens with zero attached hydrogens (tertiary/aromatic N) is 2. The molecule has 1 heterocycles. The number of rotatable bonds is 5. The number of carboxylic acids is 1. The first-order valence-electron chi connectivity index (χ1n) is 8.02. The number of hydrazone groups is 1. The van der Waals surface area contributed by atoms with Crippen molar-refractivity contribution >= 4 is 17.9 Å². The van der Waals surface area contributed by atoms with Gasteiger partial charge >= 0.3 is 5.97 Å². The van der Waals surface area contributed by atoms with Crippen LogP contribution in [0.25, 0.3) is 0 Å². The number of aromatic carboxylic acids is 1. The second-order valence-electron chi connectivity index (χ2n) is 5.94. The number of carboxylic acid groups (broad SMARTS) is 1. The summed E-state index contributed by atoms with van der Waals surface area (Å²) < 4.78 is 2.29. The van der Waals surface area contributed by atoms with Crippen molar-refractivity contribution < 1.29 is 9.90 Å². The maximum atomic E-state index is 10.8. The van der Waals surface area contributed by atoms with Gasteiger partial charge < -0.3 is 9.67 Å². The minimum atomic E-state index is -0.927. The average Bonchev–Trinajstić information content (AvgIpc) is 3.05. The van der Waals surface area contributed by atoms with E-state index in [9.17, 15) is 4.79 Å².